The van der Waals surface area contributed by atoms with Crippen LogP contribution in [0, 0.1) is 5.92 Å². The molecule has 0 saturated heterocycles. The molecule has 1 N–H and O–H groups in total. The molecule has 0 bridgehead atoms. The highest BCUT2D eigenvalue weighted by Crippen LogP contribution is 2.50. The number of rotatable bonds is 8. The molecule has 2 aliphatic rings. The van der Waals surface area contributed by atoms with Gasteiger partial charge in [0.25, 0.3) is 11.5 Å². The quantitative estimate of drug-likeness (QED) is 0.377. The maximum absolute atomic E-state index is 14.1. The van der Waals surface area contributed by atoms with Crippen molar-refractivity contribution in [2.45, 2.75) is 5.60 Å². The van der Waals surface area contributed by atoms with E-state index >= 15 is 0 Å². The summed E-state index contributed by atoms with van der Waals surface area (Å²) in [4.78, 5) is 33.5. The zero-order valence-electron chi connectivity index (χ0n) is 19.8. The van der Waals surface area contributed by atoms with Crippen molar-refractivity contribution < 1.29 is 28.6 Å². The number of hydrogen-bond donors (Lipinski definition) is 1. The van der Waals surface area contributed by atoms with Crippen LogP contribution in [-0.2, 0) is 15.2 Å². The van der Waals surface area contributed by atoms with Gasteiger partial charge in [-0.05, 0) is 42.5 Å². The zero-order chi connectivity index (χ0) is 25.3. The Hall–Kier alpha value is -4.59. The Labute approximate surface area is 208 Å². The normalized spacial score (nSPS) is 19.7. The largest absolute Gasteiger partial charge is 0.497 e. The van der Waals surface area contributed by atoms with E-state index in [1.54, 1.807) is 79.9 Å². The lowest BCUT2D eigenvalue weighted by atomic mass is 9.74. The molecule has 3 aromatic rings. The van der Waals surface area contributed by atoms with Crippen LogP contribution < -0.4 is 19.5 Å². The number of oxime groups is 1. The van der Waals surface area contributed by atoms with Crippen LogP contribution in [0.1, 0.15) is 21.5 Å². The number of para-hydroxylation sites is 1. The maximum atomic E-state index is 14.1. The Morgan fingerprint density at radius 1 is 1.08 bits per heavy atom. The lowest BCUT2D eigenvalue weighted by Crippen LogP contribution is -2.46. The van der Waals surface area contributed by atoms with Gasteiger partial charge in [-0.1, -0.05) is 36.0 Å². The van der Waals surface area contributed by atoms with E-state index < -0.39 is 17.4 Å². The second kappa shape index (κ2) is 9.22. The molecule has 3 aromatic carbocycles. The lowest BCUT2D eigenvalue weighted by Gasteiger charge is -2.27. The third kappa shape index (κ3) is 3.58. The minimum atomic E-state index is -1.66. The summed E-state index contributed by atoms with van der Waals surface area (Å²) in [6, 6.07) is 19.0. The number of anilines is 1. The Morgan fingerprint density at radius 2 is 1.83 bits per heavy atom. The molecule has 1 amide bonds. The monoisotopic (exact) mass is 484 g/mol. The fourth-order valence-corrected chi connectivity index (χ4v) is 4.61. The van der Waals surface area contributed by atoms with E-state index in [4.69, 9.17) is 19.0 Å². The van der Waals surface area contributed by atoms with Crippen molar-refractivity contribution in [1.82, 2.24) is 0 Å². The summed E-state index contributed by atoms with van der Waals surface area (Å²) in [6.45, 7) is 3.99. The molecule has 1 spiro atoms. The van der Waals surface area contributed by atoms with Gasteiger partial charge in [0.1, 0.15) is 35.5 Å². The van der Waals surface area contributed by atoms with Crippen LogP contribution in [0.5, 0.6) is 17.2 Å². The van der Waals surface area contributed by atoms with Crippen LogP contribution in [0.4, 0.5) is 5.69 Å². The van der Waals surface area contributed by atoms with Crippen LogP contribution in [0.25, 0.3) is 0 Å². The molecule has 2 heterocycles. The fourth-order valence-electron chi connectivity index (χ4n) is 4.61. The van der Waals surface area contributed by atoms with Gasteiger partial charge < -0.3 is 24.4 Å². The van der Waals surface area contributed by atoms with Crippen LogP contribution >= 0.6 is 0 Å². The molecular formula is C28H24N2O6. The van der Waals surface area contributed by atoms with Crippen molar-refractivity contribution in [3.8, 4) is 17.2 Å². The van der Waals surface area contributed by atoms with Crippen molar-refractivity contribution in [3.63, 3.8) is 0 Å². The van der Waals surface area contributed by atoms with Gasteiger partial charge >= 0.3 is 0 Å². The third-order valence-corrected chi connectivity index (χ3v) is 6.33. The number of nitrogens with zero attached hydrogens (tertiary/aromatic N) is 1. The average Bonchev–Trinajstić information content (AvgIpc) is 3.45. The van der Waals surface area contributed by atoms with Gasteiger partial charge in [-0.2, -0.15) is 0 Å². The lowest BCUT2D eigenvalue weighted by molar-refractivity contribution is -0.140. The van der Waals surface area contributed by atoms with Crippen molar-refractivity contribution in [3.05, 3.63) is 96.1 Å². The smallest absolute Gasteiger partial charge is 0.277 e. The number of carbonyl (C=O) groups is 2. The zero-order valence-corrected chi connectivity index (χ0v) is 19.8. The fraction of sp³-hybridized carbons (Fsp3) is 0.179. The predicted octanol–water partition coefficient (Wildman–Crippen LogP) is 4.35. The minimum Gasteiger partial charge on any atom is -0.497 e. The van der Waals surface area contributed by atoms with Crippen LogP contribution in [0.3, 0.4) is 0 Å². The SMILES string of the molecule is C=CCOc1ccc(C(=O)C2C(c3ccc(OC)cc3OC)=NOC23C(=O)Nc2ccccc23)cc1. The van der Waals surface area contributed by atoms with Gasteiger partial charge in [0.15, 0.2) is 5.78 Å². The molecule has 2 aliphatic heterocycles. The summed E-state index contributed by atoms with van der Waals surface area (Å²) in [5, 5.41) is 7.17. The average molecular weight is 485 g/mol. The number of carbonyl (C=O) groups excluding carboxylic acids is 2. The van der Waals surface area contributed by atoms with Crippen molar-refractivity contribution in [1.29, 1.82) is 0 Å². The van der Waals surface area contributed by atoms with Crippen molar-refractivity contribution >= 4 is 23.1 Å². The molecule has 0 radical (unpaired) electrons. The highest BCUT2D eigenvalue weighted by Gasteiger charge is 2.63. The molecular weight excluding hydrogens is 460 g/mol. The summed E-state index contributed by atoms with van der Waals surface area (Å²) in [5.41, 5.74) is 0.659. The minimum absolute atomic E-state index is 0.290. The van der Waals surface area contributed by atoms with Crippen LogP contribution in [0.15, 0.2) is 84.5 Å². The molecule has 0 saturated carbocycles. The summed E-state index contributed by atoms with van der Waals surface area (Å²) < 4.78 is 16.4. The molecule has 2 unspecified atom stereocenters. The number of hydrogen-bond acceptors (Lipinski definition) is 7. The highest BCUT2D eigenvalue weighted by atomic mass is 16.7. The van der Waals surface area contributed by atoms with E-state index in [1.165, 1.54) is 7.11 Å². The van der Waals surface area contributed by atoms with E-state index in [-0.39, 0.29) is 5.78 Å². The summed E-state index contributed by atoms with van der Waals surface area (Å²) in [7, 11) is 3.06. The molecule has 8 heteroatoms. The Bertz CT molecular complexity index is 1380. The number of fused-ring (bicyclic) bond motifs is 2. The molecule has 0 aliphatic carbocycles. The van der Waals surface area contributed by atoms with E-state index in [9.17, 15) is 9.59 Å². The first-order valence-corrected chi connectivity index (χ1v) is 11.3. The number of amides is 1. The molecule has 2 atom stereocenters. The third-order valence-electron chi connectivity index (χ3n) is 6.33. The number of methoxy groups -OCH3 is 2. The van der Waals surface area contributed by atoms with Gasteiger partial charge in [-0.15, -0.1) is 0 Å². The van der Waals surface area contributed by atoms with Gasteiger partial charge in [0, 0.05) is 28.4 Å². The van der Waals surface area contributed by atoms with Crippen molar-refractivity contribution in [2.24, 2.45) is 11.1 Å². The summed E-state index contributed by atoms with van der Waals surface area (Å²) >= 11 is 0. The van der Waals surface area contributed by atoms with Crippen molar-refractivity contribution in [2.75, 3.05) is 26.1 Å². The predicted molar refractivity (Wildman–Crippen MR) is 134 cm³/mol. The van der Waals surface area contributed by atoms with Crippen LogP contribution in [0.2, 0.25) is 0 Å². The number of ether oxygens (including phenoxy) is 3. The Balaban J connectivity index is 1.64. The second-order valence-electron chi connectivity index (χ2n) is 8.29. The summed E-state index contributed by atoms with van der Waals surface area (Å²) in [6.07, 6.45) is 1.64. The van der Waals surface area contributed by atoms with E-state index in [1.807, 2.05) is 0 Å². The molecule has 0 aromatic heterocycles. The van der Waals surface area contributed by atoms with Gasteiger partial charge in [-0.3, -0.25) is 9.59 Å². The molecule has 0 fully saturated rings. The first-order valence-electron chi connectivity index (χ1n) is 11.3. The van der Waals surface area contributed by atoms with E-state index in [2.05, 4.69) is 17.1 Å². The van der Waals surface area contributed by atoms with Crippen LogP contribution in [-0.4, -0.2) is 38.2 Å². The number of Topliss-reactive ketones (excluding diaryl/α,β-unsaturated/α-hetero) is 1. The van der Waals surface area contributed by atoms with Gasteiger partial charge in [0.2, 0.25) is 0 Å². The van der Waals surface area contributed by atoms with Gasteiger partial charge in [-0.25, -0.2) is 0 Å². The summed E-state index contributed by atoms with van der Waals surface area (Å²) in [5.74, 6) is -0.259. The molecule has 5 rings (SSSR count). The van der Waals surface area contributed by atoms with E-state index in [0.717, 1.165) is 0 Å². The Kier molecular flexibility index (Phi) is 5.93. The van der Waals surface area contributed by atoms with Gasteiger partial charge in [0.05, 0.1) is 14.2 Å². The molecule has 182 valence electrons. The topological polar surface area (TPSA) is 95.5 Å². The number of nitrogens with one attached hydrogen (secondary N) is 1. The maximum Gasteiger partial charge on any atom is 0.277 e. The van der Waals surface area contributed by atoms with E-state index in [0.29, 0.717) is 51.9 Å². The standard InChI is InChI=1S/C28H24N2O6/c1-4-15-35-18-11-9-17(10-12-18)26(31)24-25(20-14-13-19(33-2)16-23(20)34-3)30-36-28(24)21-7-5-6-8-22(21)29-27(28)32/h4-14,16,24H,1,15H2,2-3H3,(H,29,32). The Morgan fingerprint density at radius 3 is 2.56 bits per heavy atom. The molecule has 36 heavy (non-hydrogen) atoms. The number of ketones is 1. The first-order chi connectivity index (χ1) is 17.5. The highest BCUT2D eigenvalue weighted by molar-refractivity contribution is 6.25. The second-order valence-corrected chi connectivity index (χ2v) is 8.29. The first kappa shape index (κ1) is 23.2. The molecule has 8 nitrogen and oxygen atoms in total. The number of benzene rings is 3.